The Hall–Kier alpha value is -0.370. The summed E-state index contributed by atoms with van der Waals surface area (Å²) in [6.07, 6.45) is 6.86. The third-order valence-electron chi connectivity index (χ3n) is 2.62. The predicted molar refractivity (Wildman–Crippen MR) is 54.6 cm³/mol. The van der Waals surface area contributed by atoms with Gasteiger partial charge < -0.3 is 9.90 Å². The smallest absolute Gasteiger partial charge is 0.128 e. The second-order valence-electron chi connectivity index (χ2n) is 3.85. The highest BCUT2D eigenvalue weighted by molar-refractivity contribution is 5.59. The highest BCUT2D eigenvalue weighted by Gasteiger charge is 2.27. The molecule has 0 unspecified atom stereocenters. The summed E-state index contributed by atoms with van der Waals surface area (Å²) >= 11 is 0. The van der Waals surface area contributed by atoms with E-state index in [4.69, 9.17) is 0 Å². The molecule has 0 aromatic heterocycles. The molecule has 0 bridgehead atoms. The van der Waals surface area contributed by atoms with Gasteiger partial charge in [-0.2, -0.15) is 0 Å². The summed E-state index contributed by atoms with van der Waals surface area (Å²) in [5.74, 6) is 0. The van der Waals surface area contributed by atoms with Crippen LogP contribution in [0.25, 0.3) is 0 Å². The van der Waals surface area contributed by atoms with Gasteiger partial charge in [0, 0.05) is 5.41 Å². The van der Waals surface area contributed by atoms with E-state index in [-0.39, 0.29) is 6.61 Å². The van der Waals surface area contributed by atoms with Crippen molar-refractivity contribution in [2.24, 2.45) is 5.41 Å². The van der Waals surface area contributed by atoms with Crippen molar-refractivity contribution in [2.45, 2.75) is 52.4 Å². The van der Waals surface area contributed by atoms with E-state index in [1.807, 2.05) is 0 Å². The van der Waals surface area contributed by atoms with Crippen LogP contribution in [0.3, 0.4) is 0 Å². The maximum atomic E-state index is 10.9. The number of unbranched alkanes of at least 4 members (excludes halogenated alkanes) is 2. The second-order valence-corrected chi connectivity index (χ2v) is 3.85. The standard InChI is InChI=1S/C11H22O2/c1-3-5-7-11(9-12,10-13)8-6-4-2/h9,13H,3-8,10H2,1-2H3. The van der Waals surface area contributed by atoms with E-state index in [0.29, 0.717) is 0 Å². The van der Waals surface area contributed by atoms with Crippen LogP contribution in [0.4, 0.5) is 0 Å². The van der Waals surface area contributed by atoms with Gasteiger partial charge in [0.2, 0.25) is 0 Å². The Kier molecular flexibility index (Phi) is 6.87. The van der Waals surface area contributed by atoms with Crippen LogP contribution >= 0.6 is 0 Å². The lowest BCUT2D eigenvalue weighted by molar-refractivity contribution is -0.119. The molecule has 0 aliphatic rings. The molecule has 0 radical (unpaired) electrons. The van der Waals surface area contributed by atoms with Crippen molar-refractivity contribution in [1.82, 2.24) is 0 Å². The molecular weight excluding hydrogens is 164 g/mol. The Bertz CT molecular complexity index is 124. The van der Waals surface area contributed by atoms with E-state index < -0.39 is 5.41 Å². The van der Waals surface area contributed by atoms with E-state index in [1.54, 1.807) is 0 Å². The highest BCUT2D eigenvalue weighted by Crippen LogP contribution is 2.28. The number of carbonyl (C=O) groups excluding carboxylic acids is 1. The number of hydrogen-bond donors (Lipinski definition) is 1. The van der Waals surface area contributed by atoms with Crippen LogP contribution in [-0.4, -0.2) is 18.0 Å². The maximum Gasteiger partial charge on any atom is 0.128 e. The van der Waals surface area contributed by atoms with Gasteiger partial charge in [0.25, 0.3) is 0 Å². The van der Waals surface area contributed by atoms with Crippen molar-refractivity contribution in [3.05, 3.63) is 0 Å². The summed E-state index contributed by atoms with van der Waals surface area (Å²) in [7, 11) is 0. The summed E-state index contributed by atoms with van der Waals surface area (Å²) in [6, 6.07) is 0. The Morgan fingerprint density at radius 2 is 1.62 bits per heavy atom. The first-order valence-electron chi connectivity index (χ1n) is 5.32. The van der Waals surface area contributed by atoms with E-state index >= 15 is 0 Å². The Morgan fingerprint density at radius 1 is 1.15 bits per heavy atom. The van der Waals surface area contributed by atoms with Gasteiger partial charge in [0.15, 0.2) is 0 Å². The Labute approximate surface area is 81.3 Å². The van der Waals surface area contributed by atoms with Gasteiger partial charge in [-0.1, -0.05) is 39.5 Å². The van der Waals surface area contributed by atoms with Crippen molar-refractivity contribution in [3.8, 4) is 0 Å². The fraction of sp³-hybridized carbons (Fsp3) is 0.909. The molecule has 0 rings (SSSR count). The third kappa shape index (κ3) is 4.41. The SMILES string of the molecule is CCCCC(C=O)(CO)CCCC. The van der Waals surface area contributed by atoms with Gasteiger partial charge in [-0.3, -0.25) is 0 Å². The van der Waals surface area contributed by atoms with Gasteiger partial charge in [0.1, 0.15) is 6.29 Å². The first-order chi connectivity index (χ1) is 6.24. The van der Waals surface area contributed by atoms with Crippen LogP contribution in [-0.2, 0) is 4.79 Å². The molecule has 0 heterocycles. The van der Waals surface area contributed by atoms with Gasteiger partial charge >= 0.3 is 0 Å². The first kappa shape index (κ1) is 12.6. The van der Waals surface area contributed by atoms with Crippen LogP contribution < -0.4 is 0 Å². The fourth-order valence-corrected chi connectivity index (χ4v) is 1.50. The quantitative estimate of drug-likeness (QED) is 0.591. The Morgan fingerprint density at radius 3 is 1.85 bits per heavy atom. The molecule has 78 valence electrons. The van der Waals surface area contributed by atoms with Crippen LogP contribution in [0.5, 0.6) is 0 Å². The molecule has 2 heteroatoms. The molecule has 1 N–H and O–H groups in total. The molecule has 2 nitrogen and oxygen atoms in total. The molecule has 0 aromatic carbocycles. The largest absolute Gasteiger partial charge is 0.395 e. The number of aliphatic hydroxyl groups excluding tert-OH is 1. The van der Waals surface area contributed by atoms with Gasteiger partial charge in [0.05, 0.1) is 6.61 Å². The lowest BCUT2D eigenvalue weighted by Crippen LogP contribution is -2.27. The Balaban J connectivity index is 4.04. The van der Waals surface area contributed by atoms with Crippen LogP contribution in [0.1, 0.15) is 52.4 Å². The number of hydrogen-bond acceptors (Lipinski definition) is 2. The molecule has 0 aliphatic carbocycles. The second kappa shape index (κ2) is 7.07. The molecule has 0 amide bonds. The molecular formula is C11H22O2. The number of carbonyl (C=O) groups is 1. The van der Waals surface area contributed by atoms with Gasteiger partial charge in [-0.15, -0.1) is 0 Å². The zero-order valence-corrected chi connectivity index (χ0v) is 8.88. The minimum Gasteiger partial charge on any atom is -0.395 e. The van der Waals surface area contributed by atoms with E-state index in [2.05, 4.69) is 13.8 Å². The van der Waals surface area contributed by atoms with Crippen molar-refractivity contribution >= 4 is 6.29 Å². The molecule has 0 aliphatic heterocycles. The minimum atomic E-state index is -0.438. The maximum absolute atomic E-state index is 10.9. The monoisotopic (exact) mass is 186 g/mol. The summed E-state index contributed by atoms with van der Waals surface area (Å²) in [5.41, 5.74) is -0.438. The number of rotatable bonds is 8. The molecule has 0 spiro atoms. The summed E-state index contributed by atoms with van der Waals surface area (Å²) < 4.78 is 0. The first-order valence-corrected chi connectivity index (χ1v) is 5.32. The molecule has 13 heavy (non-hydrogen) atoms. The number of aliphatic hydroxyl groups is 1. The van der Waals surface area contributed by atoms with Crippen LogP contribution in [0.15, 0.2) is 0 Å². The van der Waals surface area contributed by atoms with Crippen molar-refractivity contribution in [3.63, 3.8) is 0 Å². The third-order valence-corrected chi connectivity index (χ3v) is 2.62. The average Bonchev–Trinajstić information content (AvgIpc) is 2.20. The molecule has 0 atom stereocenters. The van der Waals surface area contributed by atoms with E-state index in [1.165, 1.54) is 0 Å². The zero-order valence-electron chi connectivity index (χ0n) is 8.88. The van der Waals surface area contributed by atoms with Crippen molar-refractivity contribution < 1.29 is 9.90 Å². The zero-order chi connectivity index (χ0) is 10.2. The molecule has 0 saturated carbocycles. The number of aldehydes is 1. The minimum absolute atomic E-state index is 0.0104. The molecule has 0 aromatic rings. The lowest BCUT2D eigenvalue weighted by Gasteiger charge is -2.25. The van der Waals surface area contributed by atoms with Gasteiger partial charge in [-0.25, -0.2) is 0 Å². The average molecular weight is 186 g/mol. The summed E-state index contributed by atoms with van der Waals surface area (Å²) in [6.45, 7) is 4.22. The molecule has 0 fully saturated rings. The summed E-state index contributed by atoms with van der Waals surface area (Å²) in [4.78, 5) is 10.9. The fourth-order valence-electron chi connectivity index (χ4n) is 1.50. The van der Waals surface area contributed by atoms with Crippen LogP contribution in [0, 0.1) is 5.41 Å². The molecule has 0 saturated heterocycles. The summed E-state index contributed by atoms with van der Waals surface area (Å²) in [5, 5.41) is 9.20. The van der Waals surface area contributed by atoms with Crippen LogP contribution in [0.2, 0.25) is 0 Å². The van der Waals surface area contributed by atoms with Crippen molar-refractivity contribution in [2.75, 3.05) is 6.61 Å². The lowest BCUT2D eigenvalue weighted by atomic mass is 9.80. The normalized spacial score (nSPS) is 11.6. The predicted octanol–water partition coefficient (Wildman–Crippen LogP) is 2.54. The van der Waals surface area contributed by atoms with E-state index in [0.717, 1.165) is 44.8 Å². The highest BCUT2D eigenvalue weighted by atomic mass is 16.3. The topological polar surface area (TPSA) is 37.3 Å². The van der Waals surface area contributed by atoms with E-state index in [9.17, 15) is 9.90 Å². The van der Waals surface area contributed by atoms with Gasteiger partial charge in [-0.05, 0) is 12.8 Å². The van der Waals surface area contributed by atoms with Crippen molar-refractivity contribution in [1.29, 1.82) is 0 Å².